The number of aromatic nitrogens is 1. The van der Waals surface area contributed by atoms with E-state index < -0.39 is 0 Å². The summed E-state index contributed by atoms with van der Waals surface area (Å²) >= 11 is 1.71. The van der Waals surface area contributed by atoms with Crippen molar-refractivity contribution >= 4 is 11.3 Å². The zero-order valence-corrected chi connectivity index (χ0v) is 12.9. The van der Waals surface area contributed by atoms with E-state index in [9.17, 15) is 0 Å². The molecule has 0 spiro atoms. The lowest BCUT2D eigenvalue weighted by molar-refractivity contribution is 0.177. The third-order valence-electron chi connectivity index (χ3n) is 3.89. The van der Waals surface area contributed by atoms with Crippen molar-refractivity contribution in [1.82, 2.24) is 20.2 Å². The maximum Gasteiger partial charge on any atom is 0.0897 e. The highest BCUT2D eigenvalue weighted by Gasteiger charge is 2.28. The van der Waals surface area contributed by atoms with Crippen LogP contribution in [0.5, 0.6) is 0 Å². The summed E-state index contributed by atoms with van der Waals surface area (Å²) < 4.78 is 0. The zero-order valence-electron chi connectivity index (χ0n) is 12.1. The maximum atomic E-state index is 5.80. The van der Waals surface area contributed by atoms with Crippen LogP contribution >= 0.6 is 11.3 Å². The summed E-state index contributed by atoms with van der Waals surface area (Å²) in [6, 6.07) is 0.673. The SMILES string of the molecule is Cc1nc(CC(NN)C2CN(C)CCCN2C)cs1. The molecule has 1 saturated heterocycles. The molecular weight excluding hydrogens is 258 g/mol. The number of hydrazine groups is 1. The summed E-state index contributed by atoms with van der Waals surface area (Å²) in [5.74, 6) is 5.80. The van der Waals surface area contributed by atoms with E-state index in [1.807, 2.05) is 6.92 Å². The van der Waals surface area contributed by atoms with Gasteiger partial charge in [-0.2, -0.15) is 0 Å². The van der Waals surface area contributed by atoms with Crippen LogP contribution in [0.15, 0.2) is 5.38 Å². The maximum absolute atomic E-state index is 5.80. The van der Waals surface area contributed by atoms with Crippen LogP contribution in [0, 0.1) is 6.92 Å². The Kier molecular flexibility index (Phi) is 5.29. The third-order valence-corrected chi connectivity index (χ3v) is 4.71. The molecule has 1 aromatic rings. The molecule has 2 heterocycles. The number of nitrogens with zero attached hydrogens (tertiary/aromatic N) is 3. The second-order valence-corrected chi connectivity index (χ2v) is 6.56. The van der Waals surface area contributed by atoms with E-state index in [-0.39, 0.29) is 6.04 Å². The van der Waals surface area contributed by atoms with Gasteiger partial charge in [0.15, 0.2) is 0 Å². The van der Waals surface area contributed by atoms with E-state index in [2.05, 4.69) is 39.7 Å². The van der Waals surface area contributed by atoms with Crippen molar-refractivity contribution in [2.75, 3.05) is 33.7 Å². The minimum absolute atomic E-state index is 0.243. The van der Waals surface area contributed by atoms with Crippen LogP contribution in [0.1, 0.15) is 17.1 Å². The predicted octanol–water partition coefficient (Wildman–Crippen LogP) is 0.462. The molecule has 1 aliphatic rings. The van der Waals surface area contributed by atoms with Gasteiger partial charge in [0.05, 0.1) is 10.7 Å². The van der Waals surface area contributed by atoms with Gasteiger partial charge in [-0.3, -0.25) is 11.3 Å². The standard InChI is InChI=1S/C13H25N5S/c1-10-15-11(9-19-10)7-12(16-14)13-8-17(2)5-4-6-18(13)3/h9,12-13,16H,4-8,14H2,1-3H3. The first-order valence-electron chi connectivity index (χ1n) is 6.86. The van der Waals surface area contributed by atoms with Crippen LogP contribution in [0.2, 0.25) is 0 Å². The quantitative estimate of drug-likeness (QED) is 0.621. The summed E-state index contributed by atoms with van der Waals surface area (Å²) in [6.45, 7) is 5.39. The molecule has 2 atom stereocenters. The first-order valence-corrected chi connectivity index (χ1v) is 7.74. The molecule has 1 fully saturated rings. The van der Waals surface area contributed by atoms with Gasteiger partial charge >= 0.3 is 0 Å². The summed E-state index contributed by atoms with van der Waals surface area (Å²) in [7, 11) is 4.38. The molecule has 0 radical (unpaired) electrons. The van der Waals surface area contributed by atoms with Crippen LogP contribution in [-0.2, 0) is 6.42 Å². The number of hydrogen-bond donors (Lipinski definition) is 2. The minimum atomic E-state index is 0.243. The van der Waals surface area contributed by atoms with E-state index in [0.717, 1.165) is 36.8 Å². The summed E-state index contributed by atoms with van der Waals surface area (Å²) in [5, 5.41) is 3.26. The number of rotatable bonds is 4. The van der Waals surface area contributed by atoms with Gasteiger partial charge < -0.3 is 9.80 Å². The van der Waals surface area contributed by atoms with Gasteiger partial charge in [-0.25, -0.2) is 4.98 Å². The molecular formula is C13H25N5S. The Balaban J connectivity index is 2.06. The van der Waals surface area contributed by atoms with Crippen molar-refractivity contribution in [3.63, 3.8) is 0 Å². The molecule has 108 valence electrons. The zero-order chi connectivity index (χ0) is 13.8. The first kappa shape index (κ1) is 14.9. The van der Waals surface area contributed by atoms with Crippen molar-refractivity contribution < 1.29 is 0 Å². The molecule has 1 aliphatic heterocycles. The minimum Gasteiger partial charge on any atom is -0.305 e. The topological polar surface area (TPSA) is 57.4 Å². The lowest BCUT2D eigenvalue weighted by Gasteiger charge is -2.33. The Hall–Kier alpha value is -0.530. The van der Waals surface area contributed by atoms with Crippen molar-refractivity contribution in [2.24, 2.45) is 5.84 Å². The van der Waals surface area contributed by atoms with Crippen molar-refractivity contribution in [3.05, 3.63) is 16.1 Å². The largest absolute Gasteiger partial charge is 0.305 e. The summed E-state index contributed by atoms with van der Waals surface area (Å²) in [6.07, 6.45) is 2.11. The molecule has 0 amide bonds. The Labute approximate surface area is 119 Å². The molecule has 0 bridgehead atoms. The third kappa shape index (κ3) is 3.97. The number of nitrogens with two attached hydrogens (primary N) is 1. The number of hydrogen-bond acceptors (Lipinski definition) is 6. The molecule has 1 aromatic heterocycles. The highest BCUT2D eigenvalue weighted by atomic mass is 32.1. The molecule has 2 unspecified atom stereocenters. The fraction of sp³-hybridized carbons (Fsp3) is 0.769. The number of nitrogens with one attached hydrogen (secondary N) is 1. The predicted molar refractivity (Wildman–Crippen MR) is 80.2 cm³/mol. The highest BCUT2D eigenvalue weighted by molar-refractivity contribution is 7.09. The number of likely N-dealkylation sites (N-methyl/N-ethyl adjacent to an activating group) is 2. The fourth-order valence-electron chi connectivity index (χ4n) is 2.77. The summed E-state index contributed by atoms with van der Waals surface area (Å²) in [5.41, 5.74) is 4.15. The van der Waals surface area contributed by atoms with E-state index in [0.29, 0.717) is 6.04 Å². The van der Waals surface area contributed by atoms with E-state index in [1.54, 1.807) is 11.3 Å². The number of thiazole rings is 1. The van der Waals surface area contributed by atoms with Crippen LogP contribution in [0.25, 0.3) is 0 Å². The van der Waals surface area contributed by atoms with Gasteiger partial charge in [0.2, 0.25) is 0 Å². The Bertz CT molecular complexity index is 394. The molecule has 6 heteroatoms. The van der Waals surface area contributed by atoms with Gasteiger partial charge in [0, 0.05) is 30.4 Å². The second kappa shape index (κ2) is 6.76. The van der Waals surface area contributed by atoms with Crippen LogP contribution < -0.4 is 11.3 Å². The lowest BCUT2D eigenvalue weighted by atomic mass is 10.0. The molecule has 5 nitrogen and oxygen atoms in total. The van der Waals surface area contributed by atoms with Gasteiger partial charge in [-0.15, -0.1) is 11.3 Å². The van der Waals surface area contributed by atoms with Crippen LogP contribution in [0.3, 0.4) is 0 Å². The smallest absolute Gasteiger partial charge is 0.0897 e. The Morgan fingerprint density at radius 1 is 1.53 bits per heavy atom. The monoisotopic (exact) mass is 283 g/mol. The fourth-order valence-corrected chi connectivity index (χ4v) is 3.40. The second-order valence-electron chi connectivity index (χ2n) is 5.50. The molecule has 2 rings (SSSR count). The van der Waals surface area contributed by atoms with Gasteiger partial charge in [0.25, 0.3) is 0 Å². The molecule has 0 aromatic carbocycles. The van der Waals surface area contributed by atoms with E-state index >= 15 is 0 Å². The van der Waals surface area contributed by atoms with Gasteiger partial charge in [-0.05, 0) is 40.5 Å². The Morgan fingerprint density at radius 2 is 2.32 bits per heavy atom. The molecule has 19 heavy (non-hydrogen) atoms. The average molecular weight is 283 g/mol. The van der Waals surface area contributed by atoms with E-state index in [1.165, 1.54) is 6.42 Å². The van der Waals surface area contributed by atoms with Crippen molar-refractivity contribution in [1.29, 1.82) is 0 Å². The molecule has 3 N–H and O–H groups in total. The average Bonchev–Trinajstić information content (AvgIpc) is 2.70. The summed E-state index contributed by atoms with van der Waals surface area (Å²) in [4.78, 5) is 9.37. The van der Waals surface area contributed by atoms with Gasteiger partial charge in [-0.1, -0.05) is 0 Å². The van der Waals surface area contributed by atoms with E-state index in [4.69, 9.17) is 5.84 Å². The first-order chi connectivity index (χ1) is 9.10. The molecule has 0 saturated carbocycles. The highest BCUT2D eigenvalue weighted by Crippen LogP contribution is 2.15. The van der Waals surface area contributed by atoms with Crippen LogP contribution in [-0.4, -0.2) is 60.6 Å². The van der Waals surface area contributed by atoms with Crippen molar-refractivity contribution in [2.45, 2.75) is 31.8 Å². The number of aryl methyl sites for hydroxylation is 1. The van der Waals surface area contributed by atoms with Gasteiger partial charge in [0.1, 0.15) is 0 Å². The Morgan fingerprint density at radius 3 is 2.95 bits per heavy atom. The normalized spacial score (nSPS) is 24.3. The lowest BCUT2D eigenvalue weighted by Crippen LogP contribution is -2.55. The molecule has 0 aliphatic carbocycles. The van der Waals surface area contributed by atoms with Crippen LogP contribution in [0.4, 0.5) is 0 Å². The van der Waals surface area contributed by atoms with Crippen molar-refractivity contribution in [3.8, 4) is 0 Å².